The van der Waals surface area contributed by atoms with Crippen LogP contribution in [0.4, 0.5) is 4.79 Å². The molecule has 8 nitrogen and oxygen atoms in total. The van der Waals surface area contributed by atoms with Gasteiger partial charge in [-0.3, -0.25) is 9.79 Å². The molecule has 0 unspecified atom stereocenters. The van der Waals surface area contributed by atoms with E-state index in [1.165, 1.54) is 0 Å². The van der Waals surface area contributed by atoms with Crippen LogP contribution in [0.25, 0.3) is 0 Å². The number of aliphatic imine (C=N–C) groups is 1. The standard InChI is InChI=1S/C21H33N5O3.HI/c1-21(2,3)29-20(28)26-13-11-25(12-14-26)19(22)23-10-9-16-7-6-8-17(15-16)18(27)24(4)5;/h6-8,15H,9-14H2,1-5H3,(H2,22,23);1H. The van der Waals surface area contributed by atoms with E-state index in [0.29, 0.717) is 50.7 Å². The molecule has 30 heavy (non-hydrogen) atoms. The van der Waals surface area contributed by atoms with Gasteiger partial charge in [0, 0.05) is 52.4 Å². The van der Waals surface area contributed by atoms with E-state index in [0.717, 1.165) is 5.56 Å². The van der Waals surface area contributed by atoms with Gasteiger partial charge in [0.05, 0.1) is 0 Å². The van der Waals surface area contributed by atoms with Crippen molar-refractivity contribution in [3.8, 4) is 0 Å². The molecule has 1 saturated heterocycles. The molecule has 2 rings (SSSR count). The van der Waals surface area contributed by atoms with Gasteiger partial charge < -0.3 is 25.2 Å². The minimum absolute atomic E-state index is 0. The first-order chi connectivity index (χ1) is 13.6. The number of nitrogens with zero attached hydrogens (tertiary/aromatic N) is 4. The fourth-order valence-electron chi connectivity index (χ4n) is 2.96. The number of carbonyl (C=O) groups is 2. The molecular weight excluding hydrogens is 497 g/mol. The molecule has 1 heterocycles. The molecule has 1 fully saturated rings. The molecule has 0 saturated carbocycles. The monoisotopic (exact) mass is 531 g/mol. The van der Waals surface area contributed by atoms with Crippen LogP contribution in [0.3, 0.4) is 0 Å². The summed E-state index contributed by atoms with van der Waals surface area (Å²) in [6.07, 6.45) is 0.410. The van der Waals surface area contributed by atoms with E-state index in [2.05, 4.69) is 4.99 Å². The van der Waals surface area contributed by atoms with Crippen molar-refractivity contribution in [3.63, 3.8) is 0 Å². The number of piperazine rings is 1. The molecular formula is C21H34IN5O3. The maximum atomic E-state index is 12.1. The summed E-state index contributed by atoms with van der Waals surface area (Å²) in [4.78, 5) is 33.9. The smallest absolute Gasteiger partial charge is 0.410 e. The lowest BCUT2D eigenvalue weighted by Gasteiger charge is -2.36. The Morgan fingerprint density at radius 3 is 2.30 bits per heavy atom. The van der Waals surface area contributed by atoms with Crippen molar-refractivity contribution >= 4 is 41.9 Å². The van der Waals surface area contributed by atoms with Gasteiger partial charge >= 0.3 is 6.09 Å². The maximum absolute atomic E-state index is 12.1. The summed E-state index contributed by atoms with van der Waals surface area (Å²) >= 11 is 0. The molecule has 2 N–H and O–H groups in total. The molecule has 9 heteroatoms. The highest BCUT2D eigenvalue weighted by molar-refractivity contribution is 14.0. The first kappa shape index (κ1) is 26.0. The summed E-state index contributed by atoms with van der Waals surface area (Å²) in [6, 6.07) is 7.58. The molecule has 2 amide bonds. The van der Waals surface area contributed by atoms with Crippen molar-refractivity contribution in [2.75, 3.05) is 46.8 Å². The first-order valence-electron chi connectivity index (χ1n) is 9.90. The molecule has 1 aliphatic rings. The number of nitrogens with two attached hydrogens (primary N) is 1. The highest BCUT2D eigenvalue weighted by Crippen LogP contribution is 2.12. The van der Waals surface area contributed by atoms with E-state index >= 15 is 0 Å². The van der Waals surface area contributed by atoms with Gasteiger partial charge in [0.2, 0.25) is 0 Å². The Hall–Kier alpha value is -2.04. The Morgan fingerprint density at radius 1 is 1.13 bits per heavy atom. The zero-order chi connectivity index (χ0) is 21.6. The van der Waals surface area contributed by atoms with Crippen molar-refractivity contribution in [1.82, 2.24) is 14.7 Å². The zero-order valence-electron chi connectivity index (χ0n) is 18.6. The molecule has 0 spiro atoms. The normalized spacial score (nSPS) is 14.8. The van der Waals surface area contributed by atoms with Crippen molar-refractivity contribution in [1.29, 1.82) is 0 Å². The number of rotatable bonds is 4. The van der Waals surface area contributed by atoms with Crippen LogP contribution < -0.4 is 5.73 Å². The molecule has 0 radical (unpaired) electrons. The highest BCUT2D eigenvalue weighted by Gasteiger charge is 2.26. The summed E-state index contributed by atoms with van der Waals surface area (Å²) in [7, 11) is 3.48. The summed E-state index contributed by atoms with van der Waals surface area (Å²) < 4.78 is 5.41. The predicted molar refractivity (Wildman–Crippen MR) is 129 cm³/mol. The fourth-order valence-corrected chi connectivity index (χ4v) is 2.96. The Balaban J connectivity index is 0.00000450. The number of carbonyl (C=O) groups excluding carboxylic acids is 2. The molecule has 1 aromatic carbocycles. The van der Waals surface area contributed by atoms with E-state index in [4.69, 9.17) is 10.5 Å². The van der Waals surface area contributed by atoms with Gasteiger partial charge in [-0.1, -0.05) is 12.1 Å². The van der Waals surface area contributed by atoms with Gasteiger partial charge in [-0.15, -0.1) is 24.0 Å². The van der Waals surface area contributed by atoms with E-state index in [1.807, 2.05) is 49.9 Å². The SMILES string of the molecule is CN(C)C(=O)c1cccc(CCN=C(N)N2CCN(C(=O)OC(C)(C)C)CC2)c1.I. The minimum atomic E-state index is -0.497. The van der Waals surface area contributed by atoms with Crippen LogP contribution in [0.2, 0.25) is 0 Å². The van der Waals surface area contributed by atoms with Gasteiger partial charge in [0.25, 0.3) is 5.91 Å². The van der Waals surface area contributed by atoms with Crippen molar-refractivity contribution in [2.45, 2.75) is 32.8 Å². The second kappa shape index (κ2) is 11.4. The largest absolute Gasteiger partial charge is 0.444 e. The van der Waals surface area contributed by atoms with Crippen LogP contribution in [0, 0.1) is 0 Å². The van der Waals surface area contributed by atoms with Gasteiger partial charge in [-0.05, 0) is 44.9 Å². The van der Waals surface area contributed by atoms with E-state index in [1.54, 1.807) is 23.9 Å². The first-order valence-corrected chi connectivity index (χ1v) is 9.90. The lowest BCUT2D eigenvalue weighted by Crippen LogP contribution is -2.53. The minimum Gasteiger partial charge on any atom is -0.444 e. The van der Waals surface area contributed by atoms with Crippen LogP contribution in [0.1, 0.15) is 36.7 Å². The molecule has 0 atom stereocenters. The third-order valence-corrected chi connectivity index (χ3v) is 4.51. The summed E-state index contributed by atoms with van der Waals surface area (Å²) in [5, 5.41) is 0. The second-order valence-electron chi connectivity index (χ2n) is 8.34. The average molecular weight is 531 g/mol. The third kappa shape index (κ3) is 8.00. The number of guanidine groups is 1. The number of amides is 2. The highest BCUT2D eigenvalue weighted by atomic mass is 127. The lowest BCUT2D eigenvalue weighted by atomic mass is 10.1. The Kier molecular flexibility index (Phi) is 9.86. The van der Waals surface area contributed by atoms with Gasteiger partial charge in [-0.2, -0.15) is 0 Å². The topological polar surface area (TPSA) is 91.5 Å². The van der Waals surface area contributed by atoms with Gasteiger partial charge in [0.15, 0.2) is 5.96 Å². The van der Waals surface area contributed by atoms with Crippen LogP contribution >= 0.6 is 24.0 Å². The predicted octanol–water partition coefficient (Wildman–Crippen LogP) is 2.42. The molecule has 168 valence electrons. The Labute approximate surface area is 196 Å². The Morgan fingerprint density at radius 2 is 1.73 bits per heavy atom. The molecule has 1 aliphatic heterocycles. The zero-order valence-corrected chi connectivity index (χ0v) is 20.9. The number of hydrogen-bond acceptors (Lipinski definition) is 4. The van der Waals surface area contributed by atoms with E-state index in [9.17, 15) is 9.59 Å². The number of ether oxygens (including phenoxy) is 1. The van der Waals surface area contributed by atoms with Crippen molar-refractivity contribution in [3.05, 3.63) is 35.4 Å². The average Bonchev–Trinajstić information content (AvgIpc) is 2.66. The number of halogens is 1. The fraction of sp³-hybridized carbons (Fsp3) is 0.571. The lowest BCUT2D eigenvalue weighted by molar-refractivity contribution is 0.0186. The molecule has 0 bridgehead atoms. The maximum Gasteiger partial charge on any atom is 0.410 e. The van der Waals surface area contributed by atoms with Crippen LogP contribution in [0.15, 0.2) is 29.3 Å². The van der Waals surface area contributed by atoms with Gasteiger partial charge in [0.1, 0.15) is 5.60 Å². The van der Waals surface area contributed by atoms with Crippen LogP contribution in [-0.2, 0) is 11.2 Å². The quantitative estimate of drug-likeness (QED) is 0.366. The molecule has 0 aliphatic carbocycles. The van der Waals surface area contributed by atoms with Crippen LogP contribution in [0.5, 0.6) is 0 Å². The summed E-state index contributed by atoms with van der Waals surface area (Å²) in [5.41, 5.74) is 7.35. The summed E-state index contributed by atoms with van der Waals surface area (Å²) in [6.45, 7) is 8.48. The second-order valence-corrected chi connectivity index (χ2v) is 8.34. The molecule has 1 aromatic rings. The molecule has 0 aromatic heterocycles. The Bertz CT molecular complexity index is 753. The van der Waals surface area contributed by atoms with Crippen molar-refractivity contribution in [2.24, 2.45) is 10.7 Å². The van der Waals surface area contributed by atoms with E-state index < -0.39 is 5.60 Å². The van der Waals surface area contributed by atoms with Crippen LogP contribution in [-0.4, -0.2) is 85.1 Å². The van der Waals surface area contributed by atoms with E-state index in [-0.39, 0.29) is 36.0 Å². The third-order valence-electron chi connectivity index (χ3n) is 4.51. The number of benzene rings is 1. The van der Waals surface area contributed by atoms with Gasteiger partial charge in [-0.25, -0.2) is 4.79 Å². The summed E-state index contributed by atoms with van der Waals surface area (Å²) in [5.74, 6) is 0.465. The van der Waals surface area contributed by atoms with Crippen molar-refractivity contribution < 1.29 is 14.3 Å². The number of hydrogen-bond donors (Lipinski definition) is 1.